The Morgan fingerprint density at radius 3 is 2.14 bits per heavy atom. The van der Waals surface area contributed by atoms with Crippen LogP contribution in [-0.2, 0) is 14.9 Å². The molecule has 4 aliphatic carbocycles. The van der Waals surface area contributed by atoms with Crippen molar-refractivity contribution in [2.45, 2.75) is 63.2 Å². The zero-order valence-electron chi connectivity index (χ0n) is 25.3. The molecule has 1 aliphatic heterocycles. The lowest BCUT2D eigenvalue weighted by Crippen LogP contribution is -2.48. The quantitative estimate of drug-likeness (QED) is 0.164. The summed E-state index contributed by atoms with van der Waals surface area (Å²) in [7, 11) is 1.70. The first kappa shape index (κ1) is 28.2. The second-order valence-electron chi connectivity index (χ2n) is 13.5. The topological polar surface area (TPSA) is 40.2 Å². The molecule has 0 N–H and O–H groups in total. The molecule has 0 unspecified atom stereocenters. The van der Waals surface area contributed by atoms with E-state index in [-0.39, 0.29) is 12.2 Å². The average Bonchev–Trinajstić information content (AvgIpc) is 3.00. The lowest BCUT2D eigenvalue weighted by atomic mass is 9.48. The average molecular weight is 570 g/mol. The number of ether oxygens (including phenoxy) is 4. The van der Waals surface area contributed by atoms with E-state index in [2.05, 4.69) is 59.5 Å². The first-order valence-corrected chi connectivity index (χ1v) is 16.4. The van der Waals surface area contributed by atoms with Crippen LogP contribution in [0, 0.1) is 17.8 Å². The van der Waals surface area contributed by atoms with Gasteiger partial charge in [0.15, 0.2) is 6.79 Å². The fraction of sp³-hybridized carbons (Fsp3) is 0.568. The normalized spacial score (nSPS) is 27.0. The van der Waals surface area contributed by atoms with Gasteiger partial charge in [-0.05, 0) is 140 Å². The van der Waals surface area contributed by atoms with E-state index in [0.29, 0.717) is 13.2 Å². The van der Waals surface area contributed by atoms with Crippen molar-refractivity contribution in [1.29, 1.82) is 0 Å². The molecule has 5 aliphatic rings. The molecule has 0 aromatic heterocycles. The fourth-order valence-electron chi connectivity index (χ4n) is 8.96. The summed E-state index contributed by atoms with van der Waals surface area (Å²) in [5.41, 5.74) is 4.13. The van der Waals surface area contributed by atoms with Gasteiger partial charge in [0.05, 0.1) is 13.2 Å². The zero-order valence-corrected chi connectivity index (χ0v) is 25.3. The van der Waals surface area contributed by atoms with Gasteiger partial charge in [-0.2, -0.15) is 0 Å². The van der Waals surface area contributed by atoms with Gasteiger partial charge in [0, 0.05) is 19.2 Å². The van der Waals surface area contributed by atoms with Crippen molar-refractivity contribution in [3.63, 3.8) is 0 Å². The third-order valence-electron chi connectivity index (χ3n) is 10.6. The molecule has 0 atom stereocenters. The number of nitrogens with zero attached hydrogens (tertiary/aromatic N) is 1. The molecule has 5 nitrogen and oxygen atoms in total. The summed E-state index contributed by atoms with van der Waals surface area (Å²) < 4.78 is 23.4. The SMILES string of the molecule is COCCOCOc1cc2ccc(-c3ccc(OCCN4CCCCC4)cc3)cc2cc1C12CC3CC(CC(C3)C1)C2. The summed E-state index contributed by atoms with van der Waals surface area (Å²) in [4.78, 5) is 2.52. The zero-order chi connectivity index (χ0) is 28.4. The number of hydrogen-bond acceptors (Lipinski definition) is 5. The van der Waals surface area contributed by atoms with Gasteiger partial charge in [0.2, 0.25) is 0 Å². The maximum Gasteiger partial charge on any atom is 0.189 e. The lowest BCUT2D eigenvalue weighted by molar-refractivity contribution is -0.0188. The van der Waals surface area contributed by atoms with Crippen LogP contribution in [0.25, 0.3) is 21.9 Å². The van der Waals surface area contributed by atoms with Gasteiger partial charge >= 0.3 is 0 Å². The molecule has 3 aromatic carbocycles. The minimum absolute atomic E-state index is 0.244. The van der Waals surface area contributed by atoms with Crippen molar-refractivity contribution < 1.29 is 18.9 Å². The summed E-state index contributed by atoms with van der Waals surface area (Å²) in [5.74, 6) is 4.61. The van der Waals surface area contributed by atoms with Gasteiger partial charge in [-0.1, -0.05) is 30.7 Å². The lowest BCUT2D eigenvalue weighted by Gasteiger charge is -2.57. The number of methoxy groups -OCH3 is 1. The van der Waals surface area contributed by atoms with Crippen LogP contribution in [0.4, 0.5) is 0 Å². The molecule has 1 heterocycles. The number of fused-ring (bicyclic) bond motifs is 1. The van der Waals surface area contributed by atoms with E-state index in [4.69, 9.17) is 18.9 Å². The Morgan fingerprint density at radius 2 is 1.43 bits per heavy atom. The van der Waals surface area contributed by atoms with Crippen LogP contribution >= 0.6 is 0 Å². The van der Waals surface area contributed by atoms with E-state index in [1.165, 1.54) is 98.3 Å². The largest absolute Gasteiger partial charge is 0.492 e. The van der Waals surface area contributed by atoms with Crippen LogP contribution in [0.5, 0.6) is 11.5 Å². The van der Waals surface area contributed by atoms with Gasteiger partial charge in [0.1, 0.15) is 18.1 Å². The fourth-order valence-corrected chi connectivity index (χ4v) is 8.96. The van der Waals surface area contributed by atoms with Gasteiger partial charge in [0.25, 0.3) is 0 Å². The van der Waals surface area contributed by atoms with Crippen LogP contribution in [0.3, 0.4) is 0 Å². The van der Waals surface area contributed by atoms with E-state index >= 15 is 0 Å². The van der Waals surface area contributed by atoms with Crippen LogP contribution < -0.4 is 9.47 Å². The van der Waals surface area contributed by atoms with Crippen molar-refractivity contribution in [1.82, 2.24) is 4.90 Å². The van der Waals surface area contributed by atoms with Gasteiger partial charge in [-0.3, -0.25) is 4.90 Å². The van der Waals surface area contributed by atoms with Gasteiger partial charge in [-0.15, -0.1) is 0 Å². The van der Waals surface area contributed by atoms with Crippen LogP contribution in [0.15, 0.2) is 54.6 Å². The molecule has 4 bridgehead atoms. The number of piperidine rings is 1. The summed E-state index contributed by atoms with van der Waals surface area (Å²) in [6.07, 6.45) is 12.3. The first-order chi connectivity index (χ1) is 20.7. The second-order valence-corrected chi connectivity index (χ2v) is 13.5. The molecule has 3 aromatic rings. The summed E-state index contributed by atoms with van der Waals surface area (Å²) >= 11 is 0. The van der Waals surface area contributed by atoms with E-state index in [1.807, 2.05) is 0 Å². The Hall–Kier alpha value is -2.60. The predicted molar refractivity (Wildman–Crippen MR) is 168 cm³/mol. The smallest absolute Gasteiger partial charge is 0.189 e. The van der Waals surface area contributed by atoms with Crippen LogP contribution in [0.1, 0.15) is 63.4 Å². The molecule has 5 heteroatoms. The summed E-state index contributed by atoms with van der Waals surface area (Å²) in [6.45, 7) is 5.58. The highest BCUT2D eigenvalue weighted by molar-refractivity contribution is 5.89. The van der Waals surface area contributed by atoms with E-state index < -0.39 is 0 Å². The van der Waals surface area contributed by atoms with Gasteiger partial charge < -0.3 is 18.9 Å². The molecule has 1 saturated heterocycles. The first-order valence-electron chi connectivity index (χ1n) is 16.4. The van der Waals surface area contributed by atoms with Crippen molar-refractivity contribution in [3.8, 4) is 22.6 Å². The van der Waals surface area contributed by atoms with Crippen molar-refractivity contribution in [2.24, 2.45) is 17.8 Å². The summed E-state index contributed by atoms with van der Waals surface area (Å²) in [5, 5.41) is 2.52. The van der Waals surface area contributed by atoms with Gasteiger partial charge in [-0.25, -0.2) is 0 Å². The number of benzene rings is 3. The Labute approximate surface area is 251 Å². The molecule has 42 heavy (non-hydrogen) atoms. The van der Waals surface area contributed by atoms with E-state index in [1.54, 1.807) is 7.11 Å². The third kappa shape index (κ3) is 6.06. The molecule has 8 rings (SSSR count). The Kier molecular flexibility index (Phi) is 8.43. The van der Waals surface area contributed by atoms with Crippen LogP contribution in [0.2, 0.25) is 0 Å². The molecular weight excluding hydrogens is 522 g/mol. The Balaban J connectivity index is 1.12. The monoisotopic (exact) mass is 569 g/mol. The molecule has 0 spiro atoms. The molecule has 0 radical (unpaired) electrons. The molecule has 0 amide bonds. The van der Waals surface area contributed by atoms with E-state index in [0.717, 1.165) is 42.4 Å². The second kappa shape index (κ2) is 12.6. The van der Waals surface area contributed by atoms with Crippen molar-refractivity contribution in [3.05, 3.63) is 60.2 Å². The minimum atomic E-state index is 0.244. The molecule has 5 fully saturated rings. The standard InChI is InChI=1S/C37H47NO4/c1-39-15-16-40-26-42-36-22-32-6-5-31(30-7-9-34(10-8-30)41-14-13-38-11-3-2-4-12-38)20-33(32)21-35(36)37-23-27-17-28(24-37)19-29(18-27)25-37/h5-10,20-22,27-29H,2-4,11-19,23-26H2,1H3. The highest BCUT2D eigenvalue weighted by Crippen LogP contribution is 2.62. The van der Waals surface area contributed by atoms with Crippen molar-refractivity contribution >= 4 is 10.8 Å². The predicted octanol–water partition coefficient (Wildman–Crippen LogP) is 7.84. The third-order valence-corrected chi connectivity index (χ3v) is 10.6. The highest BCUT2D eigenvalue weighted by atomic mass is 16.7. The molecular formula is C37H47NO4. The highest BCUT2D eigenvalue weighted by Gasteiger charge is 2.52. The number of hydrogen-bond donors (Lipinski definition) is 0. The van der Waals surface area contributed by atoms with Crippen LogP contribution in [-0.4, -0.2) is 58.3 Å². The number of rotatable bonds is 12. The van der Waals surface area contributed by atoms with Crippen molar-refractivity contribution in [2.75, 3.05) is 53.4 Å². The Bertz CT molecular complexity index is 1310. The van der Waals surface area contributed by atoms with E-state index in [9.17, 15) is 0 Å². The number of likely N-dealkylation sites (tertiary alicyclic amines) is 1. The minimum Gasteiger partial charge on any atom is -0.492 e. The molecule has 224 valence electrons. The maximum absolute atomic E-state index is 6.39. The molecule has 4 saturated carbocycles. The Morgan fingerprint density at radius 1 is 0.714 bits per heavy atom. The summed E-state index contributed by atoms with van der Waals surface area (Å²) in [6, 6.07) is 20.2. The maximum atomic E-state index is 6.39.